The molecule has 8 nitrogen and oxygen atoms in total. The third-order valence-corrected chi connectivity index (χ3v) is 4.25. The van der Waals surface area contributed by atoms with Crippen molar-refractivity contribution in [3.8, 4) is 11.3 Å². The van der Waals surface area contributed by atoms with Crippen molar-refractivity contribution in [2.24, 2.45) is 0 Å². The topological polar surface area (TPSA) is 118 Å². The molecule has 0 aliphatic heterocycles. The molecule has 0 bridgehead atoms. The van der Waals surface area contributed by atoms with Crippen molar-refractivity contribution in [2.45, 2.75) is 13.8 Å². The number of aromatic nitrogens is 3. The summed E-state index contributed by atoms with van der Waals surface area (Å²) in [5, 5.41) is 8.88. The van der Waals surface area contributed by atoms with Crippen LogP contribution in [0.1, 0.15) is 11.1 Å². The number of hydrogen-bond donors (Lipinski definition) is 4. The summed E-state index contributed by atoms with van der Waals surface area (Å²) < 4.78 is 13.7. The second kappa shape index (κ2) is 8.96. The van der Waals surface area contributed by atoms with Gasteiger partial charge in [0.25, 0.3) is 0 Å². The molecule has 0 saturated carbocycles. The van der Waals surface area contributed by atoms with Crippen LogP contribution in [0.4, 0.5) is 27.7 Å². The molecule has 0 saturated heterocycles. The van der Waals surface area contributed by atoms with Gasteiger partial charge in [0.05, 0.1) is 17.6 Å². The molecule has 2 heterocycles. The number of halogens is 1. The lowest BCUT2D eigenvalue weighted by Crippen LogP contribution is -2.15. The van der Waals surface area contributed by atoms with Crippen LogP contribution in [0.15, 0.2) is 36.5 Å². The smallest absolute Gasteiger partial charge is 0.222 e. The SMILES string of the molecule is Cc1cc(-c2cc(NCCNc3ccc(NC=O)cn3)nc(N)n2)c(C)cc1F. The summed E-state index contributed by atoms with van der Waals surface area (Å²) in [6.07, 6.45) is 2.17. The van der Waals surface area contributed by atoms with Gasteiger partial charge in [0, 0.05) is 24.7 Å². The van der Waals surface area contributed by atoms with E-state index < -0.39 is 0 Å². The number of carbonyl (C=O) groups excluding carboxylic acids is 1. The highest BCUT2D eigenvalue weighted by atomic mass is 19.1. The van der Waals surface area contributed by atoms with E-state index in [2.05, 4.69) is 30.9 Å². The molecule has 1 amide bonds. The number of benzene rings is 1. The van der Waals surface area contributed by atoms with E-state index in [0.717, 1.165) is 11.1 Å². The number of carbonyl (C=O) groups is 1. The summed E-state index contributed by atoms with van der Waals surface area (Å²) in [6.45, 7) is 4.69. The zero-order chi connectivity index (χ0) is 20.8. The van der Waals surface area contributed by atoms with E-state index in [1.165, 1.54) is 6.07 Å². The van der Waals surface area contributed by atoms with Crippen molar-refractivity contribution in [3.63, 3.8) is 0 Å². The maximum absolute atomic E-state index is 13.7. The monoisotopic (exact) mass is 395 g/mol. The number of nitrogens with zero attached hydrogens (tertiary/aromatic N) is 3. The number of nitrogens with one attached hydrogen (secondary N) is 3. The molecule has 2 aromatic heterocycles. The second-order valence-electron chi connectivity index (χ2n) is 6.46. The summed E-state index contributed by atoms with van der Waals surface area (Å²) in [4.78, 5) is 23.1. The van der Waals surface area contributed by atoms with Gasteiger partial charge in [-0.1, -0.05) is 0 Å². The second-order valence-corrected chi connectivity index (χ2v) is 6.46. The van der Waals surface area contributed by atoms with Crippen LogP contribution in [0.2, 0.25) is 0 Å². The van der Waals surface area contributed by atoms with Gasteiger partial charge in [-0.05, 0) is 49.2 Å². The third kappa shape index (κ3) is 5.16. The van der Waals surface area contributed by atoms with Gasteiger partial charge in [0.2, 0.25) is 12.4 Å². The van der Waals surface area contributed by atoms with Crippen LogP contribution >= 0.6 is 0 Å². The average Bonchev–Trinajstić information content (AvgIpc) is 2.69. The number of amides is 1. The predicted octanol–water partition coefficient (Wildman–Crippen LogP) is 2.97. The zero-order valence-corrected chi connectivity index (χ0v) is 16.2. The molecule has 3 rings (SSSR count). The predicted molar refractivity (Wildman–Crippen MR) is 112 cm³/mol. The summed E-state index contributed by atoms with van der Waals surface area (Å²) in [7, 11) is 0. The van der Waals surface area contributed by atoms with Gasteiger partial charge in [0.1, 0.15) is 17.5 Å². The van der Waals surface area contributed by atoms with Crippen LogP contribution in [0.5, 0.6) is 0 Å². The van der Waals surface area contributed by atoms with E-state index in [9.17, 15) is 9.18 Å². The normalized spacial score (nSPS) is 10.4. The van der Waals surface area contributed by atoms with Crippen LogP contribution in [0.3, 0.4) is 0 Å². The first-order valence-corrected chi connectivity index (χ1v) is 9.02. The molecule has 0 atom stereocenters. The van der Waals surface area contributed by atoms with Crippen molar-refractivity contribution in [1.82, 2.24) is 15.0 Å². The Morgan fingerprint density at radius 1 is 1.03 bits per heavy atom. The molecule has 0 aliphatic rings. The van der Waals surface area contributed by atoms with E-state index in [1.54, 1.807) is 37.4 Å². The van der Waals surface area contributed by atoms with Gasteiger partial charge in [-0.2, -0.15) is 4.98 Å². The van der Waals surface area contributed by atoms with Gasteiger partial charge < -0.3 is 21.7 Å². The number of nitrogen functional groups attached to an aromatic ring is 1. The Labute approximate surface area is 167 Å². The van der Waals surface area contributed by atoms with Crippen molar-refractivity contribution in [3.05, 3.63) is 53.5 Å². The summed E-state index contributed by atoms with van der Waals surface area (Å²) in [5.74, 6) is 1.15. The highest BCUT2D eigenvalue weighted by Gasteiger charge is 2.10. The molecule has 0 aliphatic carbocycles. The number of hydrogen-bond acceptors (Lipinski definition) is 7. The highest BCUT2D eigenvalue weighted by molar-refractivity contribution is 5.71. The lowest BCUT2D eigenvalue weighted by molar-refractivity contribution is -0.105. The van der Waals surface area contributed by atoms with Crippen LogP contribution < -0.4 is 21.7 Å². The molecule has 9 heteroatoms. The van der Waals surface area contributed by atoms with E-state index in [0.29, 0.717) is 48.1 Å². The lowest BCUT2D eigenvalue weighted by atomic mass is 10.0. The number of anilines is 4. The van der Waals surface area contributed by atoms with E-state index in [4.69, 9.17) is 5.73 Å². The van der Waals surface area contributed by atoms with Gasteiger partial charge in [-0.3, -0.25) is 4.79 Å². The first-order chi connectivity index (χ1) is 14.0. The molecule has 150 valence electrons. The maximum Gasteiger partial charge on any atom is 0.222 e. The number of pyridine rings is 1. The molecular formula is C20H22FN7O. The van der Waals surface area contributed by atoms with Crippen molar-refractivity contribution in [2.75, 3.05) is 34.8 Å². The van der Waals surface area contributed by atoms with Gasteiger partial charge in [-0.15, -0.1) is 0 Å². The lowest BCUT2D eigenvalue weighted by Gasteiger charge is -2.12. The number of nitrogens with two attached hydrogens (primary N) is 1. The third-order valence-electron chi connectivity index (χ3n) is 4.25. The quantitative estimate of drug-likeness (QED) is 0.342. The van der Waals surface area contributed by atoms with E-state index >= 15 is 0 Å². The standard InChI is InChI=1S/C20H22FN7O/c1-12-8-16(21)13(2)7-15(12)17-9-19(28-20(22)27-17)24-6-5-23-18-4-3-14(10-25-18)26-11-29/h3-4,7-11H,5-6H2,1-2H3,(H,23,25)(H,26,29)(H3,22,24,27,28). The molecule has 0 fully saturated rings. The van der Waals surface area contributed by atoms with Crippen molar-refractivity contribution >= 4 is 29.7 Å². The Morgan fingerprint density at radius 3 is 2.48 bits per heavy atom. The van der Waals surface area contributed by atoms with Gasteiger partial charge in [0.15, 0.2) is 0 Å². The minimum atomic E-state index is -0.249. The minimum Gasteiger partial charge on any atom is -0.368 e. The number of rotatable bonds is 8. The van der Waals surface area contributed by atoms with Crippen LogP contribution in [0, 0.1) is 19.7 Å². The first kappa shape index (κ1) is 20.0. The van der Waals surface area contributed by atoms with E-state index in [-0.39, 0.29) is 11.8 Å². The van der Waals surface area contributed by atoms with Gasteiger partial charge >= 0.3 is 0 Å². The van der Waals surface area contributed by atoms with Crippen LogP contribution in [-0.4, -0.2) is 34.5 Å². The molecule has 0 unspecified atom stereocenters. The molecule has 0 spiro atoms. The van der Waals surface area contributed by atoms with Crippen LogP contribution in [0.25, 0.3) is 11.3 Å². The van der Waals surface area contributed by atoms with Crippen LogP contribution in [-0.2, 0) is 4.79 Å². The highest BCUT2D eigenvalue weighted by Crippen LogP contribution is 2.26. The summed E-state index contributed by atoms with van der Waals surface area (Å²) in [5.41, 5.74) is 9.25. The summed E-state index contributed by atoms with van der Waals surface area (Å²) in [6, 6.07) is 8.55. The fourth-order valence-corrected chi connectivity index (χ4v) is 2.78. The Kier molecular flexibility index (Phi) is 6.18. The molecule has 3 aromatic rings. The van der Waals surface area contributed by atoms with Gasteiger partial charge in [-0.25, -0.2) is 14.4 Å². The molecule has 5 N–H and O–H groups in total. The van der Waals surface area contributed by atoms with Crippen molar-refractivity contribution in [1.29, 1.82) is 0 Å². The molecule has 0 radical (unpaired) electrons. The Balaban J connectivity index is 1.63. The average molecular weight is 395 g/mol. The minimum absolute atomic E-state index is 0.138. The Bertz CT molecular complexity index is 1010. The first-order valence-electron chi connectivity index (χ1n) is 9.02. The fraction of sp³-hybridized carbons (Fsp3) is 0.200. The fourth-order valence-electron chi connectivity index (χ4n) is 2.78. The summed E-state index contributed by atoms with van der Waals surface area (Å²) >= 11 is 0. The molecular weight excluding hydrogens is 373 g/mol. The van der Waals surface area contributed by atoms with Crippen molar-refractivity contribution < 1.29 is 9.18 Å². The Hall–Kier alpha value is -3.75. The zero-order valence-electron chi connectivity index (χ0n) is 16.2. The molecule has 29 heavy (non-hydrogen) atoms. The molecule has 1 aromatic carbocycles. The Morgan fingerprint density at radius 2 is 1.79 bits per heavy atom. The van der Waals surface area contributed by atoms with E-state index in [1.807, 2.05) is 6.92 Å². The number of aryl methyl sites for hydroxylation is 2. The maximum atomic E-state index is 13.7. The largest absolute Gasteiger partial charge is 0.368 e.